The van der Waals surface area contributed by atoms with E-state index >= 15 is 0 Å². The van der Waals surface area contributed by atoms with Gasteiger partial charge in [0.1, 0.15) is 5.75 Å². The predicted molar refractivity (Wildman–Crippen MR) is 91.6 cm³/mol. The van der Waals surface area contributed by atoms with E-state index in [4.69, 9.17) is 11.6 Å². The topological polar surface area (TPSA) is 60.8 Å². The quantitative estimate of drug-likeness (QED) is 0.865. The van der Waals surface area contributed by atoms with Crippen LogP contribution in [-0.2, 0) is 11.2 Å². The minimum Gasteiger partial charge on any atom is -0.506 e. The second-order valence-electron chi connectivity index (χ2n) is 6.88. The molecule has 1 heterocycles. The molecule has 4 nitrogen and oxygen atoms in total. The number of phenolic OH excluding ortho intramolecular Hbond substituents is 1. The van der Waals surface area contributed by atoms with Crippen LogP contribution in [0, 0.1) is 11.8 Å². The number of likely N-dealkylation sites (tertiary alicyclic amines) is 1. The lowest BCUT2D eigenvalue weighted by molar-refractivity contribution is -0.132. The molecule has 1 aliphatic rings. The summed E-state index contributed by atoms with van der Waals surface area (Å²) in [7, 11) is 0. The average molecular weight is 340 g/mol. The largest absolute Gasteiger partial charge is 0.506 e. The summed E-state index contributed by atoms with van der Waals surface area (Å²) >= 11 is 5.88. The Hall–Kier alpha value is -1.26. The number of rotatable bonds is 5. The highest BCUT2D eigenvalue weighted by molar-refractivity contribution is 6.32. The molecule has 0 aromatic heterocycles. The summed E-state index contributed by atoms with van der Waals surface area (Å²) in [6.07, 6.45) is 2.57. The van der Waals surface area contributed by atoms with E-state index in [2.05, 4.69) is 13.8 Å². The highest BCUT2D eigenvalue weighted by Gasteiger charge is 2.27. The van der Waals surface area contributed by atoms with Crippen LogP contribution in [-0.4, -0.2) is 40.2 Å². The Kier molecular flexibility index (Phi) is 6.31. The van der Waals surface area contributed by atoms with Crippen LogP contribution < -0.4 is 0 Å². The lowest BCUT2D eigenvalue weighted by Crippen LogP contribution is -2.42. The number of aromatic hydroxyl groups is 1. The molecular formula is C18H26ClNO3. The standard InChI is InChI=1S/C18H26ClNO3/c1-12(2)9-17(22)14-5-7-20(8-6-14)18(23)11-13-3-4-16(21)15(19)10-13/h3-4,10,12,14,17,21-22H,5-9,11H2,1-2H3/t17-/m0/s1. The summed E-state index contributed by atoms with van der Waals surface area (Å²) in [6, 6.07) is 4.87. The van der Waals surface area contributed by atoms with Crippen molar-refractivity contribution in [3.8, 4) is 5.75 Å². The van der Waals surface area contributed by atoms with Crippen LogP contribution >= 0.6 is 11.6 Å². The maximum Gasteiger partial charge on any atom is 0.226 e. The Morgan fingerprint density at radius 2 is 2.00 bits per heavy atom. The SMILES string of the molecule is CC(C)C[C@H](O)C1CCN(C(=O)Cc2ccc(O)c(Cl)c2)CC1. The number of benzene rings is 1. The molecule has 1 atom stereocenters. The molecule has 23 heavy (non-hydrogen) atoms. The smallest absolute Gasteiger partial charge is 0.226 e. The molecule has 1 fully saturated rings. The van der Waals surface area contributed by atoms with Crippen molar-refractivity contribution < 1.29 is 15.0 Å². The number of hydrogen-bond donors (Lipinski definition) is 2. The molecule has 0 bridgehead atoms. The molecule has 128 valence electrons. The van der Waals surface area contributed by atoms with E-state index in [0.29, 0.717) is 31.3 Å². The van der Waals surface area contributed by atoms with E-state index < -0.39 is 0 Å². The molecule has 1 aromatic rings. The van der Waals surface area contributed by atoms with Gasteiger partial charge in [0.25, 0.3) is 0 Å². The van der Waals surface area contributed by atoms with Gasteiger partial charge in [0.2, 0.25) is 5.91 Å². The van der Waals surface area contributed by atoms with Crippen molar-refractivity contribution in [2.24, 2.45) is 11.8 Å². The molecule has 1 aromatic carbocycles. The molecule has 0 saturated carbocycles. The maximum absolute atomic E-state index is 12.4. The van der Waals surface area contributed by atoms with Crippen LogP contribution in [0.15, 0.2) is 18.2 Å². The van der Waals surface area contributed by atoms with Gasteiger partial charge in [-0.2, -0.15) is 0 Å². The van der Waals surface area contributed by atoms with E-state index in [-0.39, 0.29) is 22.8 Å². The highest BCUT2D eigenvalue weighted by Crippen LogP contribution is 2.26. The van der Waals surface area contributed by atoms with Crippen molar-refractivity contribution in [3.05, 3.63) is 28.8 Å². The zero-order chi connectivity index (χ0) is 17.0. The van der Waals surface area contributed by atoms with Crippen LogP contribution in [0.4, 0.5) is 0 Å². The molecule has 1 aliphatic heterocycles. The molecule has 0 unspecified atom stereocenters. The van der Waals surface area contributed by atoms with Gasteiger partial charge in [-0.25, -0.2) is 0 Å². The van der Waals surface area contributed by atoms with Crippen LogP contribution in [0.5, 0.6) is 5.75 Å². The number of piperidine rings is 1. The maximum atomic E-state index is 12.4. The highest BCUT2D eigenvalue weighted by atomic mass is 35.5. The van der Waals surface area contributed by atoms with Gasteiger partial charge in [0.05, 0.1) is 17.5 Å². The Bertz CT molecular complexity index is 539. The molecule has 1 saturated heterocycles. The molecule has 2 N–H and O–H groups in total. The van der Waals surface area contributed by atoms with E-state index in [1.54, 1.807) is 12.1 Å². The minimum atomic E-state index is -0.261. The Morgan fingerprint density at radius 3 is 2.57 bits per heavy atom. The number of hydrogen-bond acceptors (Lipinski definition) is 3. The van der Waals surface area contributed by atoms with E-state index in [9.17, 15) is 15.0 Å². The number of amides is 1. The third-order valence-electron chi connectivity index (χ3n) is 4.52. The van der Waals surface area contributed by atoms with E-state index in [0.717, 1.165) is 24.8 Å². The summed E-state index contributed by atoms with van der Waals surface area (Å²) in [5.74, 6) is 0.889. The van der Waals surface area contributed by atoms with Crippen LogP contribution in [0.1, 0.15) is 38.7 Å². The van der Waals surface area contributed by atoms with Gasteiger partial charge in [0.15, 0.2) is 0 Å². The summed E-state index contributed by atoms with van der Waals surface area (Å²) in [6.45, 7) is 5.63. The number of carbonyl (C=O) groups excluding carboxylic acids is 1. The third-order valence-corrected chi connectivity index (χ3v) is 4.82. The van der Waals surface area contributed by atoms with Gasteiger partial charge >= 0.3 is 0 Å². The average Bonchev–Trinajstić information content (AvgIpc) is 2.50. The third kappa shape index (κ3) is 5.11. The van der Waals surface area contributed by atoms with Crippen molar-refractivity contribution in [3.63, 3.8) is 0 Å². The zero-order valence-electron chi connectivity index (χ0n) is 13.8. The van der Waals surface area contributed by atoms with Gasteiger partial charge in [-0.15, -0.1) is 0 Å². The second kappa shape index (κ2) is 8.02. The van der Waals surface area contributed by atoms with E-state index in [1.807, 2.05) is 4.90 Å². The summed E-state index contributed by atoms with van der Waals surface area (Å²) in [4.78, 5) is 14.2. The molecule has 2 rings (SSSR count). The lowest BCUT2D eigenvalue weighted by atomic mass is 9.87. The van der Waals surface area contributed by atoms with Crippen molar-refractivity contribution in [1.82, 2.24) is 4.90 Å². The molecule has 0 radical (unpaired) electrons. The number of nitrogens with zero attached hydrogens (tertiary/aromatic N) is 1. The summed E-state index contributed by atoms with van der Waals surface area (Å²) in [5.41, 5.74) is 0.805. The van der Waals surface area contributed by atoms with Crippen LogP contribution in [0.3, 0.4) is 0 Å². The first-order chi connectivity index (χ1) is 10.9. The van der Waals surface area contributed by atoms with Crippen molar-refractivity contribution in [2.75, 3.05) is 13.1 Å². The normalized spacial score (nSPS) is 17.5. The molecule has 5 heteroatoms. The number of aliphatic hydroxyl groups is 1. The molecule has 0 spiro atoms. The van der Waals surface area contributed by atoms with Gasteiger partial charge in [-0.05, 0) is 48.8 Å². The number of carbonyl (C=O) groups is 1. The Balaban J connectivity index is 1.84. The minimum absolute atomic E-state index is 0.0304. The lowest BCUT2D eigenvalue weighted by Gasteiger charge is -2.34. The van der Waals surface area contributed by atoms with Crippen LogP contribution in [0.25, 0.3) is 0 Å². The molecular weight excluding hydrogens is 314 g/mol. The van der Waals surface area contributed by atoms with Gasteiger partial charge in [0, 0.05) is 13.1 Å². The zero-order valence-corrected chi connectivity index (χ0v) is 14.6. The fourth-order valence-electron chi connectivity index (χ4n) is 3.16. The predicted octanol–water partition coefficient (Wildman–Crippen LogP) is 3.23. The fraction of sp³-hybridized carbons (Fsp3) is 0.611. The monoisotopic (exact) mass is 339 g/mol. The van der Waals surface area contributed by atoms with Crippen LogP contribution in [0.2, 0.25) is 5.02 Å². The number of aliphatic hydroxyl groups excluding tert-OH is 1. The molecule has 0 aliphatic carbocycles. The summed E-state index contributed by atoms with van der Waals surface area (Å²) in [5, 5.41) is 19.9. The van der Waals surface area contributed by atoms with Gasteiger partial charge in [-0.3, -0.25) is 4.79 Å². The van der Waals surface area contributed by atoms with Gasteiger partial charge < -0.3 is 15.1 Å². The first kappa shape index (κ1) is 18.1. The first-order valence-corrected chi connectivity index (χ1v) is 8.68. The second-order valence-corrected chi connectivity index (χ2v) is 7.28. The summed E-state index contributed by atoms with van der Waals surface area (Å²) < 4.78 is 0. The number of phenols is 1. The molecule has 1 amide bonds. The number of halogens is 1. The van der Waals surface area contributed by atoms with Crippen molar-refractivity contribution in [2.45, 2.75) is 45.6 Å². The first-order valence-electron chi connectivity index (χ1n) is 8.30. The fourth-order valence-corrected chi connectivity index (χ4v) is 3.36. The van der Waals surface area contributed by atoms with Gasteiger partial charge in [-0.1, -0.05) is 31.5 Å². The van der Waals surface area contributed by atoms with Crippen molar-refractivity contribution in [1.29, 1.82) is 0 Å². The Morgan fingerprint density at radius 1 is 1.35 bits per heavy atom. The van der Waals surface area contributed by atoms with Crippen molar-refractivity contribution >= 4 is 17.5 Å². The Labute approximate surface area is 143 Å². The van der Waals surface area contributed by atoms with E-state index in [1.165, 1.54) is 6.07 Å².